The number of methoxy groups -OCH3 is 1. The molecule has 3 aromatic carbocycles. The Bertz CT molecular complexity index is 859. The predicted molar refractivity (Wildman–Crippen MR) is 111 cm³/mol. The molecule has 0 heterocycles. The van der Waals surface area contributed by atoms with E-state index in [2.05, 4.69) is 0 Å². The number of para-hydroxylation sites is 3. The standard InChI is InChI=1S/C23H22N2O3/c1-28-22(26)17-18-24(19-11-5-2-6-12-19)23(27)25(20-13-7-3-8-14-20)21-15-9-4-10-16-21/h2-16H,17-18H2,1H3. The first-order chi connectivity index (χ1) is 13.7. The van der Waals surface area contributed by atoms with Crippen molar-refractivity contribution >= 4 is 29.1 Å². The van der Waals surface area contributed by atoms with Crippen LogP contribution in [0.15, 0.2) is 91.0 Å². The van der Waals surface area contributed by atoms with Crippen LogP contribution in [-0.2, 0) is 9.53 Å². The minimum absolute atomic E-state index is 0.106. The largest absolute Gasteiger partial charge is 0.469 e. The fourth-order valence-corrected chi connectivity index (χ4v) is 2.89. The van der Waals surface area contributed by atoms with Crippen molar-refractivity contribution in [3.63, 3.8) is 0 Å². The lowest BCUT2D eigenvalue weighted by Crippen LogP contribution is -2.42. The highest BCUT2D eigenvalue weighted by Gasteiger charge is 2.25. The maximum Gasteiger partial charge on any atom is 0.333 e. The number of hydrogen-bond donors (Lipinski definition) is 0. The van der Waals surface area contributed by atoms with Crippen molar-refractivity contribution in [1.82, 2.24) is 0 Å². The summed E-state index contributed by atoms with van der Waals surface area (Å²) in [5.74, 6) is -0.361. The Morgan fingerprint density at radius 2 is 1.14 bits per heavy atom. The molecule has 0 aliphatic carbocycles. The van der Waals surface area contributed by atoms with Crippen LogP contribution in [0.1, 0.15) is 6.42 Å². The van der Waals surface area contributed by atoms with Gasteiger partial charge in [-0.25, -0.2) is 4.79 Å². The molecule has 3 rings (SSSR count). The first kappa shape index (κ1) is 19.2. The zero-order chi connectivity index (χ0) is 19.8. The number of carbonyl (C=O) groups is 2. The van der Waals surface area contributed by atoms with Crippen molar-refractivity contribution in [1.29, 1.82) is 0 Å². The SMILES string of the molecule is COC(=O)CCN(C(=O)N(c1ccccc1)c1ccccc1)c1ccccc1. The Kier molecular flexibility index (Phi) is 6.41. The molecule has 0 atom stereocenters. The van der Waals surface area contributed by atoms with Crippen LogP contribution in [0.4, 0.5) is 21.9 Å². The molecule has 0 fully saturated rings. The first-order valence-corrected chi connectivity index (χ1v) is 9.04. The number of urea groups is 1. The number of carbonyl (C=O) groups excluding carboxylic acids is 2. The van der Waals surface area contributed by atoms with Crippen LogP contribution in [-0.4, -0.2) is 25.7 Å². The van der Waals surface area contributed by atoms with Gasteiger partial charge < -0.3 is 4.74 Å². The van der Waals surface area contributed by atoms with E-state index in [9.17, 15) is 9.59 Å². The Morgan fingerprint density at radius 3 is 1.57 bits per heavy atom. The lowest BCUT2D eigenvalue weighted by Gasteiger charge is -2.31. The highest BCUT2D eigenvalue weighted by molar-refractivity contribution is 6.08. The summed E-state index contributed by atoms with van der Waals surface area (Å²) in [6.07, 6.45) is 0.106. The summed E-state index contributed by atoms with van der Waals surface area (Å²) in [5, 5.41) is 0. The zero-order valence-corrected chi connectivity index (χ0v) is 15.7. The van der Waals surface area contributed by atoms with Gasteiger partial charge in [-0.3, -0.25) is 14.6 Å². The number of amides is 2. The second-order valence-corrected chi connectivity index (χ2v) is 6.10. The molecule has 0 aliphatic rings. The van der Waals surface area contributed by atoms with E-state index in [4.69, 9.17) is 4.74 Å². The molecule has 142 valence electrons. The Labute approximate surface area is 164 Å². The van der Waals surface area contributed by atoms with Crippen LogP contribution in [0.25, 0.3) is 0 Å². The van der Waals surface area contributed by atoms with E-state index < -0.39 is 0 Å². The van der Waals surface area contributed by atoms with E-state index in [1.165, 1.54) is 7.11 Å². The normalized spacial score (nSPS) is 10.2. The van der Waals surface area contributed by atoms with Crippen LogP contribution in [0.5, 0.6) is 0 Å². The molecule has 0 aliphatic heterocycles. The van der Waals surface area contributed by atoms with Crippen LogP contribution in [0, 0.1) is 0 Å². The molecule has 0 bridgehead atoms. The summed E-state index contributed by atoms with van der Waals surface area (Å²) >= 11 is 0. The van der Waals surface area contributed by atoms with Gasteiger partial charge in [-0.15, -0.1) is 0 Å². The smallest absolute Gasteiger partial charge is 0.333 e. The molecule has 0 spiro atoms. The average molecular weight is 374 g/mol. The summed E-state index contributed by atoms with van der Waals surface area (Å²) in [7, 11) is 1.34. The molecule has 0 saturated heterocycles. The van der Waals surface area contributed by atoms with Crippen molar-refractivity contribution < 1.29 is 14.3 Å². The van der Waals surface area contributed by atoms with Crippen molar-refractivity contribution in [3.8, 4) is 0 Å². The van der Waals surface area contributed by atoms with Crippen molar-refractivity contribution in [2.45, 2.75) is 6.42 Å². The molecule has 0 radical (unpaired) electrons. The third-order valence-electron chi connectivity index (χ3n) is 4.29. The molecule has 5 nitrogen and oxygen atoms in total. The first-order valence-electron chi connectivity index (χ1n) is 9.04. The number of ether oxygens (including phenoxy) is 1. The van der Waals surface area contributed by atoms with Crippen molar-refractivity contribution in [2.24, 2.45) is 0 Å². The van der Waals surface area contributed by atoms with Gasteiger partial charge in [0.25, 0.3) is 0 Å². The zero-order valence-electron chi connectivity index (χ0n) is 15.7. The van der Waals surface area contributed by atoms with Gasteiger partial charge in [0.1, 0.15) is 0 Å². The number of hydrogen-bond acceptors (Lipinski definition) is 3. The van der Waals surface area contributed by atoms with Gasteiger partial charge >= 0.3 is 12.0 Å². The van der Waals surface area contributed by atoms with E-state index in [0.717, 1.165) is 11.4 Å². The lowest BCUT2D eigenvalue weighted by atomic mass is 10.2. The summed E-state index contributed by atoms with van der Waals surface area (Å²) < 4.78 is 4.76. The maximum absolute atomic E-state index is 13.6. The molecule has 0 unspecified atom stereocenters. The number of esters is 1. The van der Waals surface area contributed by atoms with E-state index in [-0.39, 0.29) is 25.0 Å². The fourth-order valence-electron chi connectivity index (χ4n) is 2.89. The third-order valence-corrected chi connectivity index (χ3v) is 4.29. The Balaban J connectivity index is 2.00. The van der Waals surface area contributed by atoms with E-state index >= 15 is 0 Å². The molecule has 0 aromatic heterocycles. The quantitative estimate of drug-likeness (QED) is 0.570. The Hall–Kier alpha value is -3.60. The van der Waals surface area contributed by atoms with Crippen LogP contribution < -0.4 is 9.80 Å². The van der Waals surface area contributed by atoms with Gasteiger partial charge in [0.15, 0.2) is 0 Å². The topological polar surface area (TPSA) is 49.9 Å². The minimum atomic E-state index is -0.361. The Morgan fingerprint density at radius 1 is 0.714 bits per heavy atom. The second kappa shape index (κ2) is 9.37. The van der Waals surface area contributed by atoms with Gasteiger partial charge in [0.2, 0.25) is 0 Å². The molecule has 5 heteroatoms. The summed E-state index contributed by atoms with van der Waals surface area (Å²) in [4.78, 5) is 28.6. The number of anilines is 3. The lowest BCUT2D eigenvalue weighted by molar-refractivity contribution is -0.140. The average Bonchev–Trinajstić information content (AvgIpc) is 2.76. The number of rotatable bonds is 6. The number of nitrogens with zero attached hydrogens (tertiary/aromatic N) is 2. The monoisotopic (exact) mass is 374 g/mol. The highest BCUT2D eigenvalue weighted by atomic mass is 16.5. The summed E-state index contributed by atoms with van der Waals surface area (Å²) in [6.45, 7) is 0.214. The van der Waals surface area contributed by atoms with Crippen LogP contribution >= 0.6 is 0 Å². The van der Waals surface area contributed by atoms with Crippen molar-refractivity contribution in [2.75, 3.05) is 23.5 Å². The molecule has 0 N–H and O–H groups in total. The fraction of sp³-hybridized carbons (Fsp3) is 0.130. The maximum atomic E-state index is 13.6. The van der Waals surface area contributed by atoms with Crippen molar-refractivity contribution in [3.05, 3.63) is 91.0 Å². The second-order valence-electron chi connectivity index (χ2n) is 6.10. The van der Waals surface area contributed by atoms with Gasteiger partial charge in [-0.1, -0.05) is 54.6 Å². The molecule has 2 amide bonds. The number of benzene rings is 3. The molecular formula is C23H22N2O3. The van der Waals surface area contributed by atoms with Gasteiger partial charge in [-0.05, 0) is 36.4 Å². The van der Waals surface area contributed by atoms with Crippen LogP contribution in [0.3, 0.4) is 0 Å². The van der Waals surface area contributed by atoms with E-state index in [0.29, 0.717) is 5.69 Å². The third kappa shape index (κ3) is 4.57. The molecule has 3 aromatic rings. The predicted octanol–water partition coefficient (Wildman–Crippen LogP) is 5.01. The molecule has 0 saturated carbocycles. The summed E-state index contributed by atoms with van der Waals surface area (Å²) in [5.41, 5.74) is 2.21. The summed E-state index contributed by atoms with van der Waals surface area (Å²) in [6, 6.07) is 28.0. The molecule has 28 heavy (non-hydrogen) atoms. The highest BCUT2D eigenvalue weighted by Crippen LogP contribution is 2.28. The molecular weight excluding hydrogens is 352 g/mol. The minimum Gasteiger partial charge on any atom is -0.469 e. The van der Waals surface area contributed by atoms with Crippen LogP contribution in [0.2, 0.25) is 0 Å². The van der Waals surface area contributed by atoms with Gasteiger partial charge in [0.05, 0.1) is 24.9 Å². The van der Waals surface area contributed by atoms with Gasteiger partial charge in [-0.2, -0.15) is 0 Å². The van der Waals surface area contributed by atoms with Gasteiger partial charge in [0, 0.05) is 12.2 Å². The van der Waals surface area contributed by atoms with E-state index in [1.54, 1.807) is 9.80 Å². The van der Waals surface area contributed by atoms with E-state index in [1.807, 2.05) is 91.0 Å².